The number of benzene rings is 2. The van der Waals surface area contributed by atoms with Crippen molar-refractivity contribution >= 4 is 23.4 Å². The zero-order valence-corrected chi connectivity index (χ0v) is 13.9. The molecule has 4 nitrogen and oxygen atoms in total. The average Bonchev–Trinajstić information content (AvgIpc) is 2.54. The summed E-state index contributed by atoms with van der Waals surface area (Å²) >= 11 is 1.72. The molecule has 2 rings (SSSR count). The first-order valence-electron chi connectivity index (χ1n) is 6.97. The van der Waals surface area contributed by atoms with Crippen molar-refractivity contribution in [2.24, 2.45) is 10.7 Å². The van der Waals surface area contributed by atoms with E-state index in [0.717, 1.165) is 11.4 Å². The van der Waals surface area contributed by atoms with E-state index >= 15 is 0 Å². The van der Waals surface area contributed by atoms with E-state index in [0.29, 0.717) is 12.5 Å². The minimum absolute atomic E-state index is 0.372. The van der Waals surface area contributed by atoms with Crippen LogP contribution in [-0.2, 0) is 6.54 Å². The lowest BCUT2D eigenvalue weighted by Crippen LogP contribution is -2.23. The number of hydrogen-bond donors (Lipinski definition) is 2. The number of para-hydroxylation sites is 2. The third-order valence-electron chi connectivity index (χ3n) is 3.23. The van der Waals surface area contributed by atoms with E-state index in [1.54, 1.807) is 18.9 Å². The van der Waals surface area contributed by atoms with Crippen LogP contribution < -0.4 is 15.8 Å². The zero-order valence-electron chi connectivity index (χ0n) is 13.1. The van der Waals surface area contributed by atoms with E-state index in [4.69, 9.17) is 10.5 Å². The summed E-state index contributed by atoms with van der Waals surface area (Å²) in [6, 6.07) is 14.0. The monoisotopic (exact) mass is 315 g/mol. The van der Waals surface area contributed by atoms with Gasteiger partial charge in [-0.15, -0.1) is 11.8 Å². The molecule has 0 atom stereocenters. The number of aliphatic imine (C=N–C) groups is 1. The molecule has 2 aromatic rings. The number of guanidine groups is 1. The largest absolute Gasteiger partial charge is 0.495 e. The Balaban J connectivity index is 2.10. The van der Waals surface area contributed by atoms with Gasteiger partial charge in [0.15, 0.2) is 5.96 Å². The van der Waals surface area contributed by atoms with Gasteiger partial charge in [0.25, 0.3) is 0 Å². The molecule has 0 amide bonds. The third-order valence-corrected chi connectivity index (χ3v) is 4.05. The molecule has 0 unspecified atom stereocenters. The van der Waals surface area contributed by atoms with Gasteiger partial charge in [0.1, 0.15) is 5.75 Å². The van der Waals surface area contributed by atoms with Crippen molar-refractivity contribution < 1.29 is 4.74 Å². The number of nitrogens with one attached hydrogen (secondary N) is 1. The van der Waals surface area contributed by atoms with Crippen LogP contribution in [0, 0.1) is 6.92 Å². The maximum atomic E-state index is 5.98. The number of nitrogens with two attached hydrogens (primary N) is 1. The summed E-state index contributed by atoms with van der Waals surface area (Å²) in [5, 5.41) is 3.08. The minimum Gasteiger partial charge on any atom is -0.495 e. The summed E-state index contributed by atoms with van der Waals surface area (Å²) in [5.74, 6) is 1.11. The average molecular weight is 315 g/mol. The van der Waals surface area contributed by atoms with E-state index in [1.807, 2.05) is 24.3 Å². The first-order valence-corrected chi connectivity index (χ1v) is 8.20. The maximum absolute atomic E-state index is 5.98. The lowest BCUT2D eigenvalue weighted by Gasteiger charge is -2.11. The summed E-state index contributed by atoms with van der Waals surface area (Å²) in [6.07, 6.45) is 2.07. The standard InChI is InChI=1S/C17H21N3OS/c1-12-8-9-13(16(10-12)22-3)11-19-17(18)20-14-6-4-5-7-15(14)21-2/h4-10H,11H2,1-3H3,(H3,18,19,20). The molecule has 0 bridgehead atoms. The number of aryl methyl sites for hydroxylation is 1. The van der Waals surface area contributed by atoms with Crippen LogP contribution in [0.25, 0.3) is 0 Å². The van der Waals surface area contributed by atoms with Gasteiger partial charge in [-0.25, -0.2) is 4.99 Å². The molecule has 0 spiro atoms. The number of anilines is 1. The second kappa shape index (κ2) is 7.75. The van der Waals surface area contributed by atoms with Crippen molar-refractivity contribution in [1.82, 2.24) is 0 Å². The lowest BCUT2D eigenvalue weighted by atomic mass is 10.1. The number of ether oxygens (including phenoxy) is 1. The van der Waals surface area contributed by atoms with Gasteiger partial charge in [0.2, 0.25) is 0 Å². The quantitative estimate of drug-likeness (QED) is 0.502. The van der Waals surface area contributed by atoms with Gasteiger partial charge in [0, 0.05) is 4.90 Å². The Bertz CT molecular complexity index is 671. The van der Waals surface area contributed by atoms with Crippen LogP contribution in [-0.4, -0.2) is 19.3 Å². The predicted octanol–water partition coefficient (Wildman–Crippen LogP) is 3.65. The second-order valence-corrected chi connectivity index (χ2v) is 5.69. The van der Waals surface area contributed by atoms with E-state index in [-0.39, 0.29) is 0 Å². The van der Waals surface area contributed by atoms with Crippen molar-refractivity contribution in [2.45, 2.75) is 18.4 Å². The fourth-order valence-electron chi connectivity index (χ4n) is 2.08. The highest BCUT2D eigenvalue weighted by Gasteiger charge is 2.04. The highest BCUT2D eigenvalue weighted by molar-refractivity contribution is 7.98. The van der Waals surface area contributed by atoms with Crippen LogP contribution >= 0.6 is 11.8 Å². The molecular weight excluding hydrogens is 294 g/mol. The van der Waals surface area contributed by atoms with Crippen LogP contribution in [0.1, 0.15) is 11.1 Å². The van der Waals surface area contributed by atoms with Crippen LogP contribution in [0.2, 0.25) is 0 Å². The molecule has 0 heterocycles. The molecule has 5 heteroatoms. The maximum Gasteiger partial charge on any atom is 0.193 e. The molecule has 0 aliphatic rings. The first-order chi connectivity index (χ1) is 10.6. The van der Waals surface area contributed by atoms with Crippen LogP contribution in [0.4, 0.5) is 5.69 Å². The Morgan fingerprint density at radius 2 is 2.05 bits per heavy atom. The van der Waals surface area contributed by atoms with Crippen molar-refractivity contribution in [1.29, 1.82) is 0 Å². The molecule has 0 aromatic heterocycles. The van der Waals surface area contributed by atoms with Crippen molar-refractivity contribution in [3.05, 3.63) is 53.6 Å². The van der Waals surface area contributed by atoms with Crippen LogP contribution in [0.15, 0.2) is 52.4 Å². The molecule has 0 saturated heterocycles. The van der Waals surface area contributed by atoms with Gasteiger partial charge in [-0.2, -0.15) is 0 Å². The van der Waals surface area contributed by atoms with Gasteiger partial charge in [-0.1, -0.05) is 24.3 Å². The summed E-state index contributed by atoms with van der Waals surface area (Å²) in [5.41, 5.74) is 9.20. The summed E-state index contributed by atoms with van der Waals surface area (Å²) in [4.78, 5) is 5.65. The highest BCUT2D eigenvalue weighted by atomic mass is 32.2. The fourth-order valence-corrected chi connectivity index (χ4v) is 2.78. The second-order valence-electron chi connectivity index (χ2n) is 4.84. The first kappa shape index (κ1) is 16.2. The van der Waals surface area contributed by atoms with Crippen molar-refractivity contribution in [3.8, 4) is 5.75 Å². The van der Waals surface area contributed by atoms with E-state index in [1.165, 1.54) is 16.0 Å². The number of nitrogens with zero attached hydrogens (tertiary/aromatic N) is 1. The Morgan fingerprint density at radius 3 is 2.77 bits per heavy atom. The predicted molar refractivity (Wildman–Crippen MR) is 94.9 cm³/mol. The number of hydrogen-bond acceptors (Lipinski definition) is 3. The summed E-state index contributed by atoms with van der Waals surface area (Å²) in [6.45, 7) is 2.63. The van der Waals surface area contributed by atoms with Gasteiger partial charge in [-0.3, -0.25) is 0 Å². The molecule has 0 radical (unpaired) electrons. The zero-order chi connectivity index (χ0) is 15.9. The smallest absolute Gasteiger partial charge is 0.193 e. The SMILES string of the molecule is COc1ccccc1NC(N)=NCc1ccc(C)cc1SC. The van der Waals surface area contributed by atoms with Crippen LogP contribution in [0.5, 0.6) is 5.75 Å². The highest BCUT2D eigenvalue weighted by Crippen LogP contribution is 2.24. The molecular formula is C17H21N3OS. The number of thioether (sulfide) groups is 1. The van der Waals surface area contributed by atoms with Crippen molar-refractivity contribution in [3.63, 3.8) is 0 Å². The molecule has 3 N–H and O–H groups in total. The van der Waals surface area contributed by atoms with E-state index < -0.39 is 0 Å². The lowest BCUT2D eigenvalue weighted by molar-refractivity contribution is 0.417. The van der Waals surface area contributed by atoms with Gasteiger partial charge < -0.3 is 15.8 Å². The Morgan fingerprint density at radius 1 is 1.27 bits per heavy atom. The molecule has 116 valence electrons. The molecule has 0 aliphatic carbocycles. The normalized spacial score (nSPS) is 11.3. The summed E-state index contributed by atoms with van der Waals surface area (Å²) < 4.78 is 5.28. The topological polar surface area (TPSA) is 59.6 Å². The molecule has 22 heavy (non-hydrogen) atoms. The fraction of sp³-hybridized carbons (Fsp3) is 0.235. The number of rotatable bonds is 5. The Kier molecular flexibility index (Phi) is 5.72. The minimum atomic E-state index is 0.372. The third kappa shape index (κ3) is 4.18. The summed E-state index contributed by atoms with van der Waals surface area (Å²) in [7, 11) is 1.63. The number of methoxy groups -OCH3 is 1. The Hall–Kier alpha value is -2.14. The van der Waals surface area contributed by atoms with E-state index in [2.05, 4.69) is 41.7 Å². The van der Waals surface area contributed by atoms with Crippen molar-refractivity contribution in [2.75, 3.05) is 18.7 Å². The molecule has 2 aromatic carbocycles. The molecule has 0 fully saturated rings. The van der Waals surface area contributed by atoms with E-state index in [9.17, 15) is 0 Å². The van der Waals surface area contributed by atoms with Gasteiger partial charge >= 0.3 is 0 Å². The van der Waals surface area contributed by atoms with Gasteiger partial charge in [-0.05, 0) is 42.5 Å². The van der Waals surface area contributed by atoms with Crippen LogP contribution in [0.3, 0.4) is 0 Å². The van der Waals surface area contributed by atoms with Gasteiger partial charge in [0.05, 0.1) is 19.3 Å². The molecule has 0 aliphatic heterocycles. The molecule has 0 saturated carbocycles. The Labute approximate surface area is 135 Å².